The number of primary amides is 1. The molecule has 2 amide bonds. The number of carbonyl (C=O) groups excluding carboxylic acids is 2. The number of amides is 2. The van der Waals surface area contributed by atoms with Crippen molar-refractivity contribution in [2.45, 2.75) is 19.5 Å². The zero-order chi connectivity index (χ0) is 26.1. The van der Waals surface area contributed by atoms with Crippen LogP contribution < -0.4 is 15.4 Å². The van der Waals surface area contributed by atoms with Crippen LogP contribution in [0.3, 0.4) is 0 Å². The van der Waals surface area contributed by atoms with Crippen molar-refractivity contribution in [2.75, 3.05) is 11.9 Å². The predicted octanol–water partition coefficient (Wildman–Crippen LogP) is 4.42. The first-order valence-electron chi connectivity index (χ1n) is 10.4. The van der Waals surface area contributed by atoms with Crippen LogP contribution in [0.2, 0.25) is 10.0 Å². The third-order valence-electron chi connectivity index (χ3n) is 5.29. The van der Waals surface area contributed by atoms with Crippen LogP contribution in [-0.2, 0) is 0 Å². The molecule has 3 N–H and O–H groups in total. The zero-order valence-electron chi connectivity index (χ0n) is 19.1. The van der Waals surface area contributed by atoms with Gasteiger partial charge in [0.25, 0.3) is 5.91 Å². The van der Waals surface area contributed by atoms with Crippen LogP contribution in [0.4, 0.5) is 10.2 Å². The van der Waals surface area contributed by atoms with Gasteiger partial charge in [0.1, 0.15) is 5.82 Å². The van der Waals surface area contributed by atoms with Crippen LogP contribution in [-0.4, -0.2) is 42.5 Å². The quantitative estimate of drug-likeness (QED) is 0.358. The van der Waals surface area contributed by atoms with E-state index in [-0.39, 0.29) is 32.7 Å². The van der Waals surface area contributed by atoms with E-state index in [4.69, 9.17) is 41.5 Å². The topological polar surface area (TPSA) is 106 Å². The molecule has 2 radical (unpaired) electrons. The number of nitrogens with two attached hydrogens (primary N) is 1. The molecule has 35 heavy (non-hydrogen) atoms. The van der Waals surface area contributed by atoms with Crippen LogP contribution in [0, 0.1) is 11.7 Å². The number of benzene rings is 2. The summed E-state index contributed by atoms with van der Waals surface area (Å²) in [4.78, 5) is 30.1. The number of halogens is 3. The van der Waals surface area contributed by atoms with Gasteiger partial charge < -0.3 is 15.6 Å². The zero-order valence-corrected chi connectivity index (χ0v) is 20.6. The molecule has 0 aliphatic carbocycles. The van der Waals surface area contributed by atoms with E-state index in [1.165, 1.54) is 49.6 Å². The summed E-state index contributed by atoms with van der Waals surface area (Å²) in [5.74, 6) is -3.04. The minimum atomic E-state index is -2.15. The Morgan fingerprint density at radius 2 is 1.89 bits per heavy atom. The molecule has 0 bridgehead atoms. The molecule has 1 aromatic heterocycles. The number of carbonyl (C=O) groups is 2. The summed E-state index contributed by atoms with van der Waals surface area (Å²) in [5.41, 5.74) is 3.84. The first-order valence-corrected chi connectivity index (χ1v) is 11.1. The normalized spacial score (nSPS) is 12.8. The van der Waals surface area contributed by atoms with Crippen molar-refractivity contribution < 1.29 is 23.8 Å². The molecule has 1 atom stereocenters. The SMILES string of the molecule is [B]C(O)(Oc1cc(-c2cc(C(N)=O)ccc2Cl)cnc1N(C)C(=O)c1c(F)cccc1Cl)C(C)C. The Morgan fingerprint density at radius 3 is 2.49 bits per heavy atom. The summed E-state index contributed by atoms with van der Waals surface area (Å²) in [7, 11) is 7.25. The molecule has 0 saturated carbocycles. The fourth-order valence-corrected chi connectivity index (χ4v) is 3.54. The average Bonchev–Trinajstić information content (AvgIpc) is 2.78. The molecule has 1 unspecified atom stereocenters. The molecule has 180 valence electrons. The van der Waals surface area contributed by atoms with Gasteiger partial charge in [0.05, 0.1) is 10.6 Å². The number of hydrogen-bond donors (Lipinski definition) is 2. The summed E-state index contributed by atoms with van der Waals surface area (Å²) in [6.45, 7) is 3.25. The van der Waals surface area contributed by atoms with E-state index >= 15 is 0 Å². The molecular weight excluding hydrogens is 495 g/mol. The third kappa shape index (κ3) is 5.58. The van der Waals surface area contributed by atoms with Crippen LogP contribution in [0.25, 0.3) is 11.1 Å². The second kappa shape index (κ2) is 10.2. The van der Waals surface area contributed by atoms with Gasteiger partial charge in [-0.15, -0.1) is 0 Å². The highest BCUT2D eigenvalue weighted by Crippen LogP contribution is 2.37. The Bertz CT molecular complexity index is 1280. The van der Waals surface area contributed by atoms with Crippen molar-refractivity contribution in [3.63, 3.8) is 0 Å². The molecule has 3 rings (SSSR count). The molecule has 0 aliphatic rings. The highest BCUT2D eigenvalue weighted by atomic mass is 35.5. The third-order valence-corrected chi connectivity index (χ3v) is 5.94. The fourth-order valence-electron chi connectivity index (χ4n) is 3.07. The molecule has 0 aliphatic heterocycles. The van der Waals surface area contributed by atoms with Gasteiger partial charge in [-0.3, -0.25) is 14.5 Å². The van der Waals surface area contributed by atoms with E-state index in [0.29, 0.717) is 11.1 Å². The lowest BCUT2D eigenvalue weighted by atomic mass is 9.84. The maximum atomic E-state index is 14.4. The fraction of sp³-hybridized carbons (Fsp3) is 0.208. The Hall–Kier alpha value is -3.14. The van der Waals surface area contributed by atoms with Crippen LogP contribution in [0.5, 0.6) is 5.75 Å². The number of rotatable bonds is 7. The summed E-state index contributed by atoms with van der Waals surface area (Å²) in [6.07, 6.45) is 1.37. The monoisotopic (exact) mass is 515 g/mol. The molecule has 0 spiro atoms. The number of anilines is 1. The van der Waals surface area contributed by atoms with Crippen LogP contribution >= 0.6 is 23.2 Å². The van der Waals surface area contributed by atoms with Gasteiger partial charge in [-0.05, 0) is 36.4 Å². The first-order chi connectivity index (χ1) is 16.3. The van der Waals surface area contributed by atoms with Gasteiger partial charge >= 0.3 is 0 Å². The van der Waals surface area contributed by atoms with Gasteiger partial charge in [-0.2, -0.15) is 0 Å². The van der Waals surface area contributed by atoms with Crippen molar-refractivity contribution >= 4 is 48.7 Å². The van der Waals surface area contributed by atoms with Crippen molar-refractivity contribution in [2.24, 2.45) is 11.7 Å². The standard InChI is InChI=1S/C24H21BCl2FN3O4/c1-12(2)24(25,34)35-19-10-14(15-9-13(21(29)32)7-8-16(15)26)11-30-22(19)31(3)23(33)20-17(27)5-4-6-18(20)28/h4-12,34H,1-3H3,(H2,29,32). The first kappa shape index (κ1) is 26.5. The van der Waals surface area contributed by atoms with E-state index in [1.807, 2.05) is 0 Å². The second-order valence-electron chi connectivity index (χ2n) is 8.07. The van der Waals surface area contributed by atoms with Crippen molar-refractivity contribution in [3.05, 3.63) is 75.7 Å². The van der Waals surface area contributed by atoms with Gasteiger partial charge in [-0.1, -0.05) is 43.1 Å². The predicted molar refractivity (Wildman–Crippen MR) is 134 cm³/mol. The molecule has 3 aromatic rings. The summed E-state index contributed by atoms with van der Waals surface area (Å²) < 4.78 is 20.0. The van der Waals surface area contributed by atoms with E-state index in [9.17, 15) is 19.1 Å². The van der Waals surface area contributed by atoms with Crippen LogP contribution in [0.15, 0.2) is 48.7 Å². The molecular formula is C24H21BCl2FN3O4. The molecule has 0 saturated heterocycles. The number of nitrogens with zero attached hydrogens (tertiary/aromatic N) is 2. The van der Waals surface area contributed by atoms with E-state index in [0.717, 1.165) is 11.0 Å². The number of pyridine rings is 1. The van der Waals surface area contributed by atoms with E-state index < -0.39 is 29.2 Å². The maximum absolute atomic E-state index is 14.4. The largest absolute Gasteiger partial charge is 0.468 e. The Balaban J connectivity index is 2.16. The van der Waals surface area contributed by atoms with Gasteiger partial charge in [0.2, 0.25) is 5.91 Å². The number of hydrogen-bond acceptors (Lipinski definition) is 5. The van der Waals surface area contributed by atoms with Crippen molar-refractivity contribution in [1.29, 1.82) is 0 Å². The lowest BCUT2D eigenvalue weighted by molar-refractivity contribution is -0.0957. The molecule has 11 heteroatoms. The van der Waals surface area contributed by atoms with Crippen LogP contribution in [0.1, 0.15) is 34.6 Å². The minimum absolute atomic E-state index is 0.0789. The number of aromatic nitrogens is 1. The lowest BCUT2D eigenvalue weighted by Crippen LogP contribution is -2.42. The Labute approximate surface area is 213 Å². The molecule has 1 heterocycles. The van der Waals surface area contributed by atoms with Gasteiger partial charge in [0.15, 0.2) is 25.1 Å². The Kier molecular flexibility index (Phi) is 7.74. The summed E-state index contributed by atoms with van der Waals surface area (Å²) >= 11 is 12.4. The number of aliphatic hydroxyl groups is 1. The van der Waals surface area contributed by atoms with Crippen molar-refractivity contribution in [3.8, 4) is 16.9 Å². The van der Waals surface area contributed by atoms with Gasteiger partial charge in [-0.25, -0.2) is 9.37 Å². The Morgan fingerprint density at radius 1 is 1.20 bits per heavy atom. The van der Waals surface area contributed by atoms with Gasteiger partial charge in [0, 0.05) is 40.9 Å². The lowest BCUT2D eigenvalue weighted by Gasteiger charge is -2.31. The van der Waals surface area contributed by atoms with Crippen molar-refractivity contribution in [1.82, 2.24) is 4.98 Å². The highest BCUT2D eigenvalue weighted by molar-refractivity contribution is 6.34. The molecule has 7 nitrogen and oxygen atoms in total. The average molecular weight is 516 g/mol. The summed E-state index contributed by atoms with van der Waals surface area (Å²) in [5, 5.41) is 10.8. The second-order valence-corrected chi connectivity index (χ2v) is 8.89. The van der Waals surface area contributed by atoms with E-state index in [2.05, 4.69) is 4.98 Å². The minimum Gasteiger partial charge on any atom is -0.468 e. The number of ether oxygens (including phenoxy) is 1. The smallest absolute Gasteiger partial charge is 0.263 e. The molecule has 0 fully saturated rings. The summed E-state index contributed by atoms with van der Waals surface area (Å²) in [6, 6.07) is 9.72. The maximum Gasteiger partial charge on any atom is 0.263 e. The van der Waals surface area contributed by atoms with E-state index in [1.54, 1.807) is 13.8 Å². The molecule has 2 aromatic carbocycles. The highest BCUT2D eigenvalue weighted by Gasteiger charge is 2.30.